The van der Waals surface area contributed by atoms with Gasteiger partial charge in [-0.1, -0.05) is 30.3 Å². The molecule has 2 aromatic carbocycles. The Kier molecular flexibility index (Phi) is 7.52. The van der Waals surface area contributed by atoms with E-state index in [0.29, 0.717) is 11.1 Å². The van der Waals surface area contributed by atoms with Gasteiger partial charge in [-0.2, -0.15) is 0 Å². The SMILES string of the molecule is O=C(c1ccccc1)c1ccc(S(=O)(=O)CC(CCCn2c(O)ccc2O)C(=O)NO)cc1. The van der Waals surface area contributed by atoms with E-state index >= 15 is 0 Å². The molecule has 0 spiro atoms. The van der Waals surface area contributed by atoms with Crippen LogP contribution in [0.5, 0.6) is 11.8 Å². The average molecular weight is 473 g/mol. The number of ketones is 1. The number of rotatable bonds is 10. The lowest BCUT2D eigenvalue weighted by molar-refractivity contribution is -0.132. The van der Waals surface area contributed by atoms with Crippen molar-refractivity contribution in [3.05, 3.63) is 77.9 Å². The van der Waals surface area contributed by atoms with Crippen molar-refractivity contribution in [2.24, 2.45) is 5.92 Å². The molecule has 1 unspecified atom stereocenters. The summed E-state index contributed by atoms with van der Waals surface area (Å²) >= 11 is 0. The number of hydrogen-bond donors (Lipinski definition) is 4. The van der Waals surface area contributed by atoms with Gasteiger partial charge >= 0.3 is 0 Å². The van der Waals surface area contributed by atoms with E-state index in [1.54, 1.807) is 30.3 Å². The van der Waals surface area contributed by atoms with Gasteiger partial charge in [-0.05, 0) is 37.1 Å². The molecular formula is C23H24N2O7S. The van der Waals surface area contributed by atoms with Crippen LogP contribution in [0.3, 0.4) is 0 Å². The van der Waals surface area contributed by atoms with E-state index in [-0.39, 0.29) is 41.8 Å². The summed E-state index contributed by atoms with van der Waals surface area (Å²) in [5.41, 5.74) is 2.30. The summed E-state index contributed by atoms with van der Waals surface area (Å²) in [6, 6.07) is 16.7. The van der Waals surface area contributed by atoms with Crippen molar-refractivity contribution in [1.29, 1.82) is 0 Å². The molecule has 0 aliphatic heterocycles. The fourth-order valence-electron chi connectivity index (χ4n) is 3.48. The van der Waals surface area contributed by atoms with Crippen LogP contribution < -0.4 is 5.48 Å². The van der Waals surface area contributed by atoms with Crippen molar-refractivity contribution in [3.63, 3.8) is 0 Å². The van der Waals surface area contributed by atoms with Gasteiger partial charge in [0, 0.05) is 29.8 Å². The Hall–Kier alpha value is -3.63. The quantitative estimate of drug-likeness (QED) is 0.201. The van der Waals surface area contributed by atoms with Gasteiger partial charge in [0.05, 0.1) is 16.6 Å². The first-order chi connectivity index (χ1) is 15.7. The highest BCUT2D eigenvalue weighted by Gasteiger charge is 2.27. The van der Waals surface area contributed by atoms with Crippen LogP contribution in [0.15, 0.2) is 71.6 Å². The molecule has 3 aromatic rings. The minimum atomic E-state index is -3.91. The fraction of sp³-hybridized carbons (Fsp3) is 0.217. The second-order valence-electron chi connectivity index (χ2n) is 7.52. The zero-order valence-electron chi connectivity index (χ0n) is 17.6. The standard InChI is InChI=1S/C23H24N2O7S/c26-20-12-13-21(27)25(20)14-4-7-18(23(29)24-30)15-33(31,32)19-10-8-17(9-11-19)22(28)16-5-2-1-3-6-16/h1-3,5-6,8-13,18,26-27,30H,4,7,14-15H2,(H,24,29). The molecule has 1 heterocycles. The number of sulfone groups is 1. The topological polar surface area (TPSA) is 146 Å². The molecule has 0 aliphatic carbocycles. The van der Waals surface area contributed by atoms with Crippen LogP contribution in [-0.2, 0) is 21.2 Å². The highest BCUT2D eigenvalue weighted by atomic mass is 32.2. The lowest BCUT2D eigenvalue weighted by Gasteiger charge is -2.16. The van der Waals surface area contributed by atoms with Crippen LogP contribution in [0.1, 0.15) is 28.8 Å². The molecule has 0 bridgehead atoms. The Morgan fingerprint density at radius 2 is 1.45 bits per heavy atom. The van der Waals surface area contributed by atoms with Gasteiger partial charge in [-0.3, -0.25) is 19.4 Å². The van der Waals surface area contributed by atoms with Crippen LogP contribution in [0, 0.1) is 5.92 Å². The van der Waals surface area contributed by atoms with Crippen molar-refractivity contribution >= 4 is 21.5 Å². The summed E-state index contributed by atoms with van der Waals surface area (Å²) in [7, 11) is -3.91. The third-order valence-electron chi connectivity index (χ3n) is 5.28. The van der Waals surface area contributed by atoms with Crippen molar-refractivity contribution < 1.29 is 33.4 Å². The monoisotopic (exact) mass is 472 g/mol. The summed E-state index contributed by atoms with van der Waals surface area (Å²) in [6.45, 7) is 0.149. The Labute approximate surface area is 190 Å². The van der Waals surface area contributed by atoms with E-state index in [4.69, 9.17) is 5.21 Å². The van der Waals surface area contributed by atoms with Crippen LogP contribution in [0.25, 0.3) is 0 Å². The van der Waals surface area contributed by atoms with Gasteiger partial charge in [0.1, 0.15) is 0 Å². The van der Waals surface area contributed by atoms with E-state index in [1.807, 2.05) is 0 Å². The van der Waals surface area contributed by atoms with Crippen molar-refractivity contribution in [3.8, 4) is 11.8 Å². The molecule has 1 aromatic heterocycles. The number of hydrogen-bond acceptors (Lipinski definition) is 7. The molecule has 0 saturated heterocycles. The highest BCUT2D eigenvalue weighted by molar-refractivity contribution is 7.91. The third-order valence-corrected chi connectivity index (χ3v) is 7.11. The summed E-state index contributed by atoms with van der Waals surface area (Å²) < 4.78 is 27.0. The smallest absolute Gasteiger partial charge is 0.247 e. The van der Waals surface area contributed by atoms with Crippen LogP contribution >= 0.6 is 0 Å². The lowest BCUT2D eigenvalue weighted by atomic mass is 10.0. The van der Waals surface area contributed by atoms with Crippen LogP contribution in [0.2, 0.25) is 0 Å². The highest BCUT2D eigenvalue weighted by Crippen LogP contribution is 2.24. The Morgan fingerprint density at radius 3 is 2.03 bits per heavy atom. The normalized spacial score (nSPS) is 12.3. The zero-order chi connectivity index (χ0) is 24.0. The van der Waals surface area contributed by atoms with Crippen molar-refractivity contribution in [2.75, 3.05) is 5.75 Å². The maximum atomic E-state index is 12.9. The van der Waals surface area contributed by atoms with E-state index in [0.717, 1.165) is 0 Å². The summed E-state index contributed by atoms with van der Waals surface area (Å²) in [4.78, 5) is 24.5. The van der Waals surface area contributed by atoms with Gasteiger partial charge in [-0.25, -0.2) is 13.9 Å². The van der Waals surface area contributed by atoms with Gasteiger partial charge in [0.2, 0.25) is 5.91 Å². The molecule has 0 fully saturated rings. The van der Waals surface area contributed by atoms with E-state index < -0.39 is 27.4 Å². The molecule has 10 heteroatoms. The lowest BCUT2D eigenvalue weighted by Crippen LogP contribution is -2.33. The number of nitrogens with one attached hydrogen (secondary N) is 1. The maximum absolute atomic E-state index is 12.9. The fourth-order valence-corrected chi connectivity index (χ4v) is 5.07. The largest absolute Gasteiger partial charge is 0.494 e. The van der Waals surface area contributed by atoms with Gasteiger partial charge in [-0.15, -0.1) is 0 Å². The zero-order valence-corrected chi connectivity index (χ0v) is 18.4. The van der Waals surface area contributed by atoms with Gasteiger partial charge < -0.3 is 10.2 Å². The Balaban J connectivity index is 1.70. The molecule has 0 radical (unpaired) electrons. The van der Waals surface area contributed by atoms with Crippen molar-refractivity contribution in [1.82, 2.24) is 10.0 Å². The number of hydroxylamine groups is 1. The predicted molar refractivity (Wildman–Crippen MR) is 119 cm³/mol. The number of nitrogens with zero attached hydrogens (tertiary/aromatic N) is 1. The molecule has 33 heavy (non-hydrogen) atoms. The number of carbonyl (C=O) groups excluding carboxylic acids is 2. The molecule has 0 aliphatic rings. The number of aromatic hydroxyl groups is 2. The maximum Gasteiger partial charge on any atom is 0.247 e. The molecule has 3 rings (SSSR count). The van der Waals surface area contributed by atoms with Crippen LogP contribution in [-0.4, -0.2) is 45.8 Å². The average Bonchev–Trinajstić information content (AvgIpc) is 3.15. The molecule has 174 valence electrons. The van der Waals surface area contributed by atoms with Gasteiger partial charge in [0.15, 0.2) is 27.4 Å². The van der Waals surface area contributed by atoms with E-state index in [9.17, 15) is 28.2 Å². The Bertz CT molecular complexity index is 1200. The summed E-state index contributed by atoms with van der Waals surface area (Å²) in [5, 5.41) is 28.4. The summed E-state index contributed by atoms with van der Waals surface area (Å²) in [5.74, 6) is -3.04. The van der Waals surface area contributed by atoms with E-state index in [2.05, 4.69) is 0 Å². The molecular weight excluding hydrogens is 448 g/mol. The number of amides is 1. The minimum Gasteiger partial charge on any atom is -0.494 e. The third kappa shape index (κ3) is 5.79. The first kappa shape index (κ1) is 24.0. The Morgan fingerprint density at radius 1 is 0.879 bits per heavy atom. The number of benzene rings is 2. The van der Waals surface area contributed by atoms with Gasteiger partial charge in [0.25, 0.3) is 0 Å². The van der Waals surface area contributed by atoms with E-state index in [1.165, 1.54) is 46.4 Å². The second kappa shape index (κ2) is 10.3. The van der Waals surface area contributed by atoms with Crippen LogP contribution in [0.4, 0.5) is 0 Å². The molecule has 1 amide bonds. The number of aromatic nitrogens is 1. The molecule has 4 N–H and O–H groups in total. The second-order valence-corrected chi connectivity index (χ2v) is 9.55. The molecule has 0 saturated carbocycles. The predicted octanol–water partition coefficient (Wildman–Crippen LogP) is 2.51. The minimum absolute atomic E-state index is 0.0523. The first-order valence-corrected chi connectivity index (χ1v) is 11.8. The first-order valence-electron chi connectivity index (χ1n) is 10.2. The summed E-state index contributed by atoms with van der Waals surface area (Å²) in [6.07, 6.45) is 0.335. The molecule has 9 nitrogen and oxygen atoms in total. The van der Waals surface area contributed by atoms with Crippen molar-refractivity contribution in [2.45, 2.75) is 24.3 Å². The molecule has 1 atom stereocenters. The number of carbonyl (C=O) groups is 2.